The number of carbonyl (C=O) groups excluding carboxylic acids is 3. The van der Waals surface area contributed by atoms with Crippen LogP contribution in [0.3, 0.4) is 0 Å². The van der Waals surface area contributed by atoms with Gasteiger partial charge in [0.05, 0.1) is 0 Å². The summed E-state index contributed by atoms with van der Waals surface area (Å²) in [5.74, 6) is -0.659. The molecule has 0 aliphatic carbocycles. The van der Waals surface area contributed by atoms with Gasteiger partial charge in [0.2, 0.25) is 5.91 Å². The van der Waals surface area contributed by atoms with Crippen molar-refractivity contribution in [2.45, 2.75) is 13.1 Å². The summed E-state index contributed by atoms with van der Waals surface area (Å²) in [4.78, 5) is 40.9. The van der Waals surface area contributed by atoms with Gasteiger partial charge in [0.1, 0.15) is 6.54 Å². The van der Waals surface area contributed by atoms with Crippen LogP contribution in [0.2, 0.25) is 0 Å². The fourth-order valence-electron chi connectivity index (χ4n) is 3.61. The monoisotopic (exact) mass is 467 g/mol. The first-order valence-corrected chi connectivity index (χ1v) is 11.6. The highest BCUT2D eigenvalue weighted by molar-refractivity contribution is 5.84. The minimum atomic E-state index is -0.706. The van der Waals surface area contributed by atoms with Gasteiger partial charge in [0, 0.05) is 52.4 Å². The van der Waals surface area contributed by atoms with Gasteiger partial charge in [-0.15, -0.1) is 0 Å². The first-order chi connectivity index (χ1) is 16.6. The van der Waals surface area contributed by atoms with Gasteiger partial charge in [0.15, 0.2) is 6.61 Å². The number of benzene rings is 2. The lowest BCUT2D eigenvalue weighted by Gasteiger charge is -2.24. The van der Waals surface area contributed by atoms with Gasteiger partial charge in [-0.2, -0.15) is 0 Å². The number of hydrogen-bond acceptors (Lipinski definition) is 6. The third-order valence-electron chi connectivity index (χ3n) is 5.36. The molecule has 3 amide bonds. The molecule has 3 N–H and O–H groups in total. The molecule has 2 aromatic rings. The summed E-state index contributed by atoms with van der Waals surface area (Å²) in [7, 11) is 0. The second-order valence-electron chi connectivity index (χ2n) is 8.11. The van der Waals surface area contributed by atoms with Crippen molar-refractivity contribution in [2.75, 3.05) is 52.4 Å². The second kappa shape index (κ2) is 14.0. The molecule has 0 unspecified atom stereocenters. The molecule has 182 valence electrons. The van der Waals surface area contributed by atoms with Gasteiger partial charge in [-0.05, 0) is 11.1 Å². The maximum Gasteiger partial charge on any atom is 0.411 e. The maximum atomic E-state index is 12.6. The highest BCUT2D eigenvalue weighted by Crippen LogP contribution is 2.07. The Morgan fingerprint density at radius 3 is 2.03 bits per heavy atom. The lowest BCUT2D eigenvalue weighted by atomic mass is 10.2. The third-order valence-corrected chi connectivity index (χ3v) is 5.36. The van der Waals surface area contributed by atoms with E-state index in [-0.39, 0.29) is 24.9 Å². The van der Waals surface area contributed by atoms with Gasteiger partial charge in [0.25, 0.3) is 5.91 Å². The highest BCUT2D eigenvalue weighted by atomic mass is 16.6. The average Bonchev–Trinajstić information content (AvgIpc) is 2.85. The fourth-order valence-corrected chi connectivity index (χ4v) is 3.61. The van der Waals surface area contributed by atoms with Crippen molar-refractivity contribution in [3.8, 4) is 0 Å². The van der Waals surface area contributed by atoms with E-state index in [1.807, 2.05) is 48.5 Å². The molecule has 3 rings (SSSR count). The van der Waals surface area contributed by atoms with Crippen molar-refractivity contribution in [3.05, 3.63) is 71.8 Å². The summed E-state index contributed by atoms with van der Waals surface area (Å²) in [6, 6.07) is 19.5. The number of cyclic esters (lactones) is 1. The molecule has 34 heavy (non-hydrogen) atoms. The highest BCUT2D eigenvalue weighted by Gasteiger charge is 2.20. The van der Waals surface area contributed by atoms with Crippen LogP contribution < -0.4 is 16.0 Å². The molecule has 1 aliphatic rings. The number of hydrogen-bond donors (Lipinski definition) is 3. The predicted molar refractivity (Wildman–Crippen MR) is 129 cm³/mol. The molecule has 0 atom stereocenters. The van der Waals surface area contributed by atoms with Crippen LogP contribution in [-0.2, 0) is 27.4 Å². The Morgan fingerprint density at radius 1 is 0.706 bits per heavy atom. The van der Waals surface area contributed by atoms with E-state index in [9.17, 15) is 14.4 Å². The van der Waals surface area contributed by atoms with E-state index in [4.69, 9.17) is 4.74 Å². The molecule has 9 nitrogen and oxygen atoms in total. The van der Waals surface area contributed by atoms with E-state index in [2.05, 4.69) is 33.0 Å². The zero-order valence-corrected chi connectivity index (χ0v) is 19.4. The summed E-state index contributed by atoms with van der Waals surface area (Å²) < 4.78 is 5.16. The van der Waals surface area contributed by atoms with Gasteiger partial charge in [-0.3, -0.25) is 19.4 Å². The number of ether oxygens (including phenoxy) is 1. The Labute approximate surface area is 200 Å². The molecule has 0 spiro atoms. The van der Waals surface area contributed by atoms with Crippen LogP contribution in [0, 0.1) is 0 Å². The van der Waals surface area contributed by atoms with Crippen molar-refractivity contribution >= 4 is 17.9 Å². The van der Waals surface area contributed by atoms with E-state index in [1.54, 1.807) is 0 Å². The zero-order chi connectivity index (χ0) is 24.0. The molecule has 2 aromatic carbocycles. The van der Waals surface area contributed by atoms with Crippen molar-refractivity contribution in [2.24, 2.45) is 0 Å². The molecule has 1 fully saturated rings. The van der Waals surface area contributed by atoms with Crippen molar-refractivity contribution in [3.63, 3.8) is 0 Å². The standard InChI is InChI=1S/C25H33N5O4/c31-23-19-30(18-22-9-5-2-6-10-22)25(33)34-20-24(32)27-12-11-26-13-15-29(16-14-28-23)17-21-7-3-1-4-8-21/h1-10,26H,11-20H2,(H,27,32)(H,28,31). The zero-order valence-electron chi connectivity index (χ0n) is 19.4. The van der Waals surface area contributed by atoms with Gasteiger partial charge >= 0.3 is 6.09 Å². The van der Waals surface area contributed by atoms with Gasteiger partial charge < -0.3 is 20.7 Å². The van der Waals surface area contributed by atoms with Crippen LogP contribution in [0.4, 0.5) is 4.79 Å². The number of amides is 3. The molecule has 1 aliphatic heterocycles. The van der Waals surface area contributed by atoms with Crippen LogP contribution in [0.15, 0.2) is 60.7 Å². The Balaban J connectivity index is 1.64. The Kier molecular flexibility index (Phi) is 10.4. The van der Waals surface area contributed by atoms with Gasteiger partial charge in [-0.1, -0.05) is 60.7 Å². The SMILES string of the molecule is O=C1COC(=O)N(Cc2ccccc2)CC(=O)NCCN(Cc2ccccc2)CCNCCN1. The minimum Gasteiger partial charge on any atom is -0.439 e. The number of carbonyl (C=O) groups is 3. The van der Waals surface area contributed by atoms with E-state index in [0.29, 0.717) is 26.2 Å². The molecule has 1 saturated heterocycles. The summed E-state index contributed by atoms with van der Waals surface area (Å²) >= 11 is 0. The van der Waals surface area contributed by atoms with E-state index in [1.165, 1.54) is 10.5 Å². The normalized spacial score (nSPS) is 17.9. The Bertz CT molecular complexity index is 910. The molecule has 0 bridgehead atoms. The summed E-state index contributed by atoms with van der Waals surface area (Å²) in [6.45, 7) is 4.13. The quantitative estimate of drug-likeness (QED) is 0.619. The molecule has 0 radical (unpaired) electrons. The smallest absolute Gasteiger partial charge is 0.411 e. The Hall–Kier alpha value is -3.43. The number of nitrogens with zero attached hydrogens (tertiary/aromatic N) is 2. The summed E-state index contributed by atoms with van der Waals surface area (Å²) in [6.07, 6.45) is -0.706. The summed E-state index contributed by atoms with van der Waals surface area (Å²) in [5, 5.41) is 8.95. The lowest BCUT2D eigenvalue weighted by molar-refractivity contribution is -0.124. The van der Waals surface area contributed by atoms with Gasteiger partial charge in [-0.25, -0.2) is 4.79 Å². The molecular formula is C25H33N5O4. The molecule has 1 heterocycles. The molecule has 0 aromatic heterocycles. The van der Waals surface area contributed by atoms with E-state index >= 15 is 0 Å². The Morgan fingerprint density at radius 2 is 1.32 bits per heavy atom. The average molecular weight is 468 g/mol. The van der Waals surface area contributed by atoms with Crippen LogP contribution in [0.1, 0.15) is 11.1 Å². The molecular weight excluding hydrogens is 434 g/mol. The lowest BCUT2D eigenvalue weighted by Crippen LogP contribution is -2.43. The van der Waals surface area contributed by atoms with Crippen LogP contribution in [0.5, 0.6) is 0 Å². The second-order valence-corrected chi connectivity index (χ2v) is 8.11. The largest absolute Gasteiger partial charge is 0.439 e. The molecule has 0 saturated carbocycles. The van der Waals surface area contributed by atoms with E-state index in [0.717, 1.165) is 25.2 Å². The minimum absolute atomic E-state index is 0.157. The van der Waals surface area contributed by atoms with Crippen molar-refractivity contribution in [1.82, 2.24) is 25.8 Å². The van der Waals surface area contributed by atoms with Crippen LogP contribution in [-0.4, -0.2) is 80.1 Å². The first-order valence-electron chi connectivity index (χ1n) is 11.6. The maximum absolute atomic E-state index is 12.6. The van der Waals surface area contributed by atoms with E-state index < -0.39 is 12.7 Å². The van der Waals surface area contributed by atoms with Crippen molar-refractivity contribution in [1.29, 1.82) is 0 Å². The predicted octanol–water partition coefficient (Wildman–Crippen LogP) is 0.963. The first kappa shape index (κ1) is 25.2. The molecule has 9 heteroatoms. The number of rotatable bonds is 4. The van der Waals surface area contributed by atoms with Crippen LogP contribution in [0.25, 0.3) is 0 Å². The third kappa shape index (κ3) is 9.21. The van der Waals surface area contributed by atoms with Crippen molar-refractivity contribution < 1.29 is 19.1 Å². The fraction of sp³-hybridized carbons (Fsp3) is 0.400. The number of nitrogens with one attached hydrogen (secondary N) is 3. The topological polar surface area (TPSA) is 103 Å². The summed E-state index contributed by atoms with van der Waals surface area (Å²) in [5.41, 5.74) is 2.06. The van der Waals surface area contributed by atoms with Crippen LogP contribution >= 0.6 is 0 Å².